The van der Waals surface area contributed by atoms with Crippen LogP contribution in [0.4, 0.5) is 14.5 Å². The zero-order valence-electron chi connectivity index (χ0n) is 12.4. The first kappa shape index (κ1) is 17.2. The van der Waals surface area contributed by atoms with Gasteiger partial charge in [-0.25, -0.2) is 0 Å². The van der Waals surface area contributed by atoms with Crippen molar-refractivity contribution in [3.63, 3.8) is 0 Å². The summed E-state index contributed by atoms with van der Waals surface area (Å²) in [6.45, 7) is -1.06. The van der Waals surface area contributed by atoms with Gasteiger partial charge in [-0.15, -0.1) is 0 Å². The fraction of sp³-hybridized carbons (Fsp3) is 0.235. The number of hydrogen-bond donors (Lipinski definition) is 1. The zero-order valence-corrected chi connectivity index (χ0v) is 13.2. The number of Topliss-reactive ketones (excluding diaryl/α,β-unsaturated/α-hetero) is 1. The van der Waals surface area contributed by atoms with Crippen molar-refractivity contribution in [1.29, 1.82) is 0 Å². The third-order valence-electron chi connectivity index (χ3n) is 3.25. The number of halogens is 3. The molecule has 0 fully saturated rings. The Kier molecular flexibility index (Phi) is 5.93. The maximum atomic E-state index is 12.6. The summed E-state index contributed by atoms with van der Waals surface area (Å²) in [6.07, 6.45) is 0.543. The van der Waals surface area contributed by atoms with E-state index in [1.165, 1.54) is 18.2 Å². The van der Waals surface area contributed by atoms with Gasteiger partial charge < -0.3 is 10.1 Å². The predicted octanol–water partition coefficient (Wildman–Crippen LogP) is 5.01. The van der Waals surface area contributed by atoms with Gasteiger partial charge in [-0.3, -0.25) is 4.79 Å². The molecule has 122 valence electrons. The minimum atomic E-state index is -2.92. The molecule has 2 rings (SSSR count). The Morgan fingerprint density at radius 3 is 2.52 bits per heavy atom. The third kappa shape index (κ3) is 4.93. The number of carbonyl (C=O) groups excluding carboxylic acids is 1. The van der Waals surface area contributed by atoms with Crippen molar-refractivity contribution in [2.24, 2.45) is 0 Å². The van der Waals surface area contributed by atoms with Gasteiger partial charge in [0, 0.05) is 16.3 Å². The Labute approximate surface area is 138 Å². The fourth-order valence-electron chi connectivity index (χ4n) is 2.13. The zero-order chi connectivity index (χ0) is 16.8. The molecule has 2 aromatic carbocycles. The van der Waals surface area contributed by atoms with E-state index >= 15 is 0 Å². The van der Waals surface area contributed by atoms with Crippen LogP contribution in [0.15, 0.2) is 48.5 Å². The Bertz CT molecular complexity index is 662. The monoisotopic (exact) mass is 339 g/mol. The second-order valence-electron chi connectivity index (χ2n) is 4.88. The van der Waals surface area contributed by atoms with Crippen LogP contribution < -0.4 is 10.1 Å². The van der Waals surface area contributed by atoms with Crippen molar-refractivity contribution < 1.29 is 18.3 Å². The molecule has 0 saturated carbocycles. The maximum Gasteiger partial charge on any atom is 0.387 e. The smallest absolute Gasteiger partial charge is 0.387 e. The first-order valence-electron chi connectivity index (χ1n) is 7.10. The molecule has 0 amide bonds. The summed E-state index contributed by atoms with van der Waals surface area (Å²) in [7, 11) is 0. The summed E-state index contributed by atoms with van der Waals surface area (Å²) < 4.78 is 28.9. The van der Waals surface area contributed by atoms with E-state index in [1.807, 2.05) is 6.92 Å². The van der Waals surface area contributed by atoms with E-state index in [1.54, 1.807) is 30.3 Å². The van der Waals surface area contributed by atoms with Crippen LogP contribution >= 0.6 is 11.6 Å². The molecule has 3 nitrogen and oxygen atoms in total. The second kappa shape index (κ2) is 7.92. The van der Waals surface area contributed by atoms with Crippen LogP contribution in [0, 0.1) is 0 Å². The van der Waals surface area contributed by atoms with Crippen molar-refractivity contribution in [2.45, 2.75) is 26.0 Å². The largest absolute Gasteiger partial charge is 0.435 e. The van der Waals surface area contributed by atoms with Gasteiger partial charge in [-0.2, -0.15) is 8.78 Å². The first-order valence-corrected chi connectivity index (χ1v) is 7.48. The highest BCUT2D eigenvalue weighted by atomic mass is 35.5. The molecule has 1 unspecified atom stereocenters. The molecule has 0 spiro atoms. The SMILES string of the molecule is CCC(Nc1ccc(Cl)cc1)C(=O)c1cccc(OC(F)F)c1. The molecular formula is C17H16ClF2NO2. The van der Waals surface area contributed by atoms with Crippen molar-refractivity contribution in [3.05, 3.63) is 59.1 Å². The lowest BCUT2D eigenvalue weighted by molar-refractivity contribution is -0.0498. The summed E-state index contributed by atoms with van der Waals surface area (Å²) >= 11 is 5.83. The predicted molar refractivity (Wildman–Crippen MR) is 86.6 cm³/mol. The molecule has 0 aliphatic heterocycles. The molecule has 2 aromatic rings. The van der Waals surface area contributed by atoms with Crippen LogP contribution in [0.3, 0.4) is 0 Å². The van der Waals surface area contributed by atoms with E-state index in [0.29, 0.717) is 17.0 Å². The molecule has 1 N–H and O–H groups in total. The Hall–Kier alpha value is -2.14. The Balaban J connectivity index is 2.14. The average Bonchev–Trinajstić information content (AvgIpc) is 2.53. The van der Waals surface area contributed by atoms with E-state index in [9.17, 15) is 13.6 Å². The number of anilines is 1. The van der Waals surface area contributed by atoms with Gasteiger partial charge >= 0.3 is 6.61 Å². The standard InChI is InChI=1S/C17H16ClF2NO2/c1-2-15(21-13-8-6-12(18)7-9-13)16(22)11-4-3-5-14(10-11)23-17(19)20/h3-10,15,17,21H,2H2,1H3. The molecule has 1 atom stereocenters. The Morgan fingerprint density at radius 2 is 1.91 bits per heavy atom. The summed E-state index contributed by atoms with van der Waals surface area (Å²) in [4.78, 5) is 12.6. The molecule has 0 aliphatic rings. The molecule has 23 heavy (non-hydrogen) atoms. The van der Waals surface area contributed by atoms with Gasteiger partial charge in [0.1, 0.15) is 5.75 Å². The van der Waals surface area contributed by atoms with Crippen LogP contribution in [-0.2, 0) is 0 Å². The lowest BCUT2D eigenvalue weighted by atomic mass is 10.0. The van der Waals surface area contributed by atoms with Gasteiger partial charge in [0.15, 0.2) is 5.78 Å². The molecule has 0 radical (unpaired) electrons. The van der Waals surface area contributed by atoms with Gasteiger partial charge in [-0.05, 0) is 42.8 Å². The van der Waals surface area contributed by atoms with Crippen LogP contribution in [0.5, 0.6) is 5.75 Å². The maximum absolute atomic E-state index is 12.6. The molecule has 0 saturated heterocycles. The van der Waals surface area contributed by atoms with Crippen molar-refractivity contribution in [2.75, 3.05) is 5.32 Å². The van der Waals surface area contributed by atoms with E-state index in [4.69, 9.17) is 11.6 Å². The number of hydrogen-bond acceptors (Lipinski definition) is 3. The summed E-state index contributed by atoms with van der Waals surface area (Å²) in [6, 6.07) is 12.3. The Morgan fingerprint density at radius 1 is 1.22 bits per heavy atom. The fourth-order valence-corrected chi connectivity index (χ4v) is 2.25. The molecule has 0 bridgehead atoms. The number of benzene rings is 2. The highest BCUT2D eigenvalue weighted by Gasteiger charge is 2.19. The van der Waals surface area contributed by atoms with Gasteiger partial charge in [0.05, 0.1) is 6.04 Å². The van der Waals surface area contributed by atoms with Gasteiger partial charge in [-0.1, -0.05) is 30.7 Å². The summed E-state index contributed by atoms with van der Waals surface area (Å²) in [5.74, 6) is -0.227. The minimum Gasteiger partial charge on any atom is -0.435 e. The van der Waals surface area contributed by atoms with E-state index < -0.39 is 12.7 Å². The van der Waals surface area contributed by atoms with Crippen LogP contribution in [0.25, 0.3) is 0 Å². The molecular weight excluding hydrogens is 324 g/mol. The van der Waals surface area contributed by atoms with Gasteiger partial charge in [0.2, 0.25) is 0 Å². The molecule has 0 aromatic heterocycles. The normalized spacial score (nSPS) is 12.0. The number of ether oxygens (including phenoxy) is 1. The van der Waals surface area contributed by atoms with Crippen molar-refractivity contribution in [3.8, 4) is 5.75 Å². The number of ketones is 1. The minimum absolute atomic E-state index is 0.0350. The van der Waals surface area contributed by atoms with Crippen LogP contribution in [-0.4, -0.2) is 18.4 Å². The van der Waals surface area contributed by atoms with E-state index in [2.05, 4.69) is 10.1 Å². The average molecular weight is 340 g/mol. The molecule has 6 heteroatoms. The summed E-state index contributed by atoms with van der Waals surface area (Å²) in [5.41, 5.74) is 1.08. The lowest BCUT2D eigenvalue weighted by Crippen LogP contribution is -2.28. The van der Waals surface area contributed by atoms with Crippen LogP contribution in [0.2, 0.25) is 5.02 Å². The quantitative estimate of drug-likeness (QED) is 0.720. The van der Waals surface area contributed by atoms with Gasteiger partial charge in [0.25, 0.3) is 0 Å². The number of carbonyl (C=O) groups is 1. The second-order valence-corrected chi connectivity index (χ2v) is 5.32. The number of alkyl halides is 2. The first-order chi connectivity index (χ1) is 11.0. The van der Waals surface area contributed by atoms with E-state index in [-0.39, 0.29) is 11.5 Å². The number of rotatable bonds is 7. The molecule has 0 heterocycles. The highest BCUT2D eigenvalue weighted by molar-refractivity contribution is 6.30. The third-order valence-corrected chi connectivity index (χ3v) is 3.51. The molecule has 0 aliphatic carbocycles. The topological polar surface area (TPSA) is 38.3 Å². The highest BCUT2D eigenvalue weighted by Crippen LogP contribution is 2.20. The van der Waals surface area contributed by atoms with Crippen molar-refractivity contribution >= 4 is 23.1 Å². The van der Waals surface area contributed by atoms with Crippen LogP contribution in [0.1, 0.15) is 23.7 Å². The summed E-state index contributed by atoms with van der Waals surface area (Å²) in [5, 5.41) is 3.72. The lowest BCUT2D eigenvalue weighted by Gasteiger charge is -2.17. The van der Waals surface area contributed by atoms with E-state index in [0.717, 1.165) is 5.69 Å². The van der Waals surface area contributed by atoms with Crippen molar-refractivity contribution in [1.82, 2.24) is 0 Å². The number of nitrogens with one attached hydrogen (secondary N) is 1.